The molecule has 1 aromatic heterocycles. The van der Waals surface area contributed by atoms with Gasteiger partial charge in [-0.05, 0) is 68.0 Å². The third-order valence-electron chi connectivity index (χ3n) is 6.33. The van der Waals surface area contributed by atoms with E-state index in [2.05, 4.69) is 16.7 Å². The molecule has 180 valence electrons. The number of halogens is 2. The van der Waals surface area contributed by atoms with Crippen LogP contribution in [0.25, 0.3) is 11.3 Å². The van der Waals surface area contributed by atoms with E-state index in [9.17, 15) is 4.39 Å². The molecule has 1 aliphatic rings. The Morgan fingerprint density at radius 3 is 2.60 bits per heavy atom. The van der Waals surface area contributed by atoms with Crippen molar-refractivity contribution in [2.45, 2.75) is 46.1 Å². The number of hydrogen-bond donors (Lipinski definition) is 0. The maximum Gasteiger partial charge on any atom is 0.187 e. The van der Waals surface area contributed by atoms with E-state index in [0.29, 0.717) is 28.8 Å². The summed E-state index contributed by atoms with van der Waals surface area (Å²) in [6.07, 6.45) is 14.4. The molecule has 0 saturated heterocycles. The highest BCUT2D eigenvalue weighted by molar-refractivity contribution is 7.16. The summed E-state index contributed by atoms with van der Waals surface area (Å²) in [6.45, 7) is 6.32. The molecule has 3 nitrogen and oxygen atoms in total. The molecule has 0 aliphatic heterocycles. The summed E-state index contributed by atoms with van der Waals surface area (Å²) >= 11 is 8.23. The van der Waals surface area contributed by atoms with Gasteiger partial charge in [0.1, 0.15) is 18.2 Å². The Kier molecular flexibility index (Phi) is 7.70. The van der Waals surface area contributed by atoms with Crippen LogP contribution in [0.2, 0.25) is 5.02 Å². The standard InChI is InChI=1S/C29H28ClFN2OS/c1-6-12-33(26(15-21-9-10-21)22-11-8-18(3)25(31)16-22)29-32-28(20(5)35-29)23-14-19(4)27(17-24(23)30)34-13-7-2/h1-2,8,11,14,16-17,21,26H,9-10,12-13,15H2,3-5H3. The molecule has 0 bridgehead atoms. The van der Waals surface area contributed by atoms with Crippen LogP contribution >= 0.6 is 22.9 Å². The van der Waals surface area contributed by atoms with E-state index in [0.717, 1.165) is 38.8 Å². The minimum Gasteiger partial charge on any atom is -0.481 e. The van der Waals surface area contributed by atoms with Crippen molar-refractivity contribution in [2.24, 2.45) is 5.92 Å². The fraction of sp³-hybridized carbons (Fsp3) is 0.345. The van der Waals surface area contributed by atoms with Gasteiger partial charge in [-0.15, -0.1) is 24.2 Å². The second kappa shape index (κ2) is 10.7. The SMILES string of the molecule is C#CCOc1cc(Cl)c(-c2nc(N(CC#C)C(CC3CC3)c3ccc(C)c(F)c3)sc2C)cc1C. The summed E-state index contributed by atoms with van der Waals surface area (Å²) in [5.41, 5.74) is 4.13. The lowest BCUT2D eigenvalue weighted by molar-refractivity contribution is 0.368. The first-order chi connectivity index (χ1) is 16.8. The van der Waals surface area contributed by atoms with Gasteiger partial charge in [0.05, 0.1) is 23.3 Å². The number of aryl methyl sites for hydroxylation is 3. The van der Waals surface area contributed by atoms with Crippen LogP contribution in [0, 0.1) is 57.2 Å². The van der Waals surface area contributed by atoms with Gasteiger partial charge in [0.2, 0.25) is 0 Å². The fourth-order valence-electron chi connectivity index (χ4n) is 4.21. The van der Waals surface area contributed by atoms with E-state index in [1.807, 2.05) is 32.0 Å². The quantitative estimate of drug-likeness (QED) is 0.280. The normalized spacial score (nSPS) is 13.7. The minimum absolute atomic E-state index is 0.0520. The number of hydrogen-bond acceptors (Lipinski definition) is 4. The molecular formula is C29H28ClFN2OS. The van der Waals surface area contributed by atoms with Gasteiger partial charge in [0.15, 0.2) is 5.13 Å². The average Bonchev–Trinajstić information content (AvgIpc) is 3.58. The highest BCUT2D eigenvalue weighted by atomic mass is 35.5. The third-order valence-corrected chi connectivity index (χ3v) is 7.65. The number of terminal acetylenes is 2. The molecule has 0 spiro atoms. The molecule has 35 heavy (non-hydrogen) atoms. The zero-order valence-electron chi connectivity index (χ0n) is 20.2. The smallest absolute Gasteiger partial charge is 0.187 e. The zero-order valence-corrected chi connectivity index (χ0v) is 21.8. The molecule has 4 rings (SSSR count). The van der Waals surface area contributed by atoms with Gasteiger partial charge in [-0.3, -0.25) is 0 Å². The maximum atomic E-state index is 14.5. The molecule has 1 aliphatic carbocycles. The Morgan fingerprint density at radius 1 is 1.17 bits per heavy atom. The fourth-order valence-corrected chi connectivity index (χ4v) is 5.43. The monoisotopic (exact) mass is 506 g/mol. The number of rotatable bonds is 9. The first-order valence-corrected chi connectivity index (χ1v) is 12.8. The first kappa shape index (κ1) is 25.1. The van der Waals surface area contributed by atoms with Crippen molar-refractivity contribution < 1.29 is 9.13 Å². The summed E-state index contributed by atoms with van der Waals surface area (Å²) in [5, 5.41) is 1.35. The predicted molar refractivity (Wildman–Crippen MR) is 144 cm³/mol. The molecule has 6 heteroatoms. The van der Waals surface area contributed by atoms with Crippen LogP contribution in [0.15, 0.2) is 30.3 Å². The largest absolute Gasteiger partial charge is 0.481 e. The van der Waals surface area contributed by atoms with Crippen molar-refractivity contribution in [2.75, 3.05) is 18.1 Å². The van der Waals surface area contributed by atoms with E-state index >= 15 is 0 Å². The number of thiazole rings is 1. The third kappa shape index (κ3) is 5.64. The summed E-state index contributed by atoms with van der Waals surface area (Å²) in [4.78, 5) is 8.17. The summed E-state index contributed by atoms with van der Waals surface area (Å²) in [5.74, 6) is 6.35. The minimum atomic E-state index is -0.200. The van der Waals surface area contributed by atoms with E-state index in [4.69, 9.17) is 34.2 Å². The Labute approximate surface area is 216 Å². The Bertz CT molecular complexity index is 1320. The highest BCUT2D eigenvalue weighted by Gasteiger charge is 2.32. The van der Waals surface area contributed by atoms with Crippen molar-refractivity contribution in [3.63, 3.8) is 0 Å². The van der Waals surface area contributed by atoms with Crippen LogP contribution in [-0.2, 0) is 0 Å². The molecule has 1 saturated carbocycles. The van der Waals surface area contributed by atoms with Crippen LogP contribution < -0.4 is 9.64 Å². The van der Waals surface area contributed by atoms with E-state index in [1.165, 1.54) is 12.8 Å². The molecular weight excluding hydrogens is 479 g/mol. The number of benzene rings is 2. The molecule has 0 radical (unpaired) electrons. The number of ether oxygens (including phenoxy) is 1. The molecule has 1 fully saturated rings. The molecule has 1 unspecified atom stereocenters. The van der Waals surface area contributed by atoms with Gasteiger partial charge >= 0.3 is 0 Å². The number of nitrogens with zero attached hydrogens (tertiary/aromatic N) is 2. The summed E-state index contributed by atoms with van der Waals surface area (Å²) < 4.78 is 20.1. The number of anilines is 1. The van der Waals surface area contributed by atoms with Crippen LogP contribution in [0.4, 0.5) is 9.52 Å². The van der Waals surface area contributed by atoms with Crippen molar-refractivity contribution >= 4 is 28.1 Å². The second-order valence-corrected chi connectivity index (χ2v) is 10.6. The Morgan fingerprint density at radius 2 is 1.94 bits per heavy atom. The first-order valence-electron chi connectivity index (χ1n) is 11.6. The van der Waals surface area contributed by atoms with E-state index in [1.54, 1.807) is 30.4 Å². The maximum absolute atomic E-state index is 14.5. The van der Waals surface area contributed by atoms with Gasteiger partial charge in [-0.25, -0.2) is 9.37 Å². The highest BCUT2D eigenvalue weighted by Crippen LogP contribution is 2.44. The van der Waals surface area contributed by atoms with Crippen molar-refractivity contribution in [3.8, 4) is 41.7 Å². The van der Waals surface area contributed by atoms with Crippen molar-refractivity contribution in [3.05, 3.63) is 62.7 Å². The summed E-state index contributed by atoms with van der Waals surface area (Å²) in [7, 11) is 0. The topological polar surface area (TPSA) is 25.4 Å². The number of aromatic nitrogens is 1. The van der Waals surface area contributed by atoms with E-state index < -0.39 is 0 Å². The van der Waals surface area contributed by atoms with Crippen LogP contribution in [0.5, 0.6) is 5.75 Å². The molecule has 0 amide bonds. The van der Waals surface area contributed by atoms with E-state index in [-0.39, 0.29) is 18.5 Å². The van der Waals surface area contributed by atoms with Gasteiger partial charge in [-0.1, -0.05) is 48.4 Å². The average molecular weight is 507 g/mol. The lowest BCUT2D eigenvalue weighted by Gasteiger charge is -2.31. The van der Waals surface area contributed by atoms with Crippen molar-refractivity contribution in [1.29, 1.82) is 0 Å². The predicted octanol–water partition coefficient (Wildman–Crippen LogP) is 7.52. The van der Waals surface area contributed by atoms with Gasteiger partial charge < -0.3 is 9.64 Å². The van der Waals surface area contributed by atoms with Gasteiger partial charge in [0, 0.05) is 10.4 Å². The molecule has 1 heterocycles. The lowest BCUT2D eigenvalue weighted by atomic mass is 9.98. The van der Waals surface area contributed by atoms with Gasteiger partial charge in [0.25, 0.3) is 0 Å². The Hall–Kier alpha value is -2.99. The van der Waals surface area contributed by atoms with Gasteiger partial charge in [-0.2, -0.15) is 0 Å². The molecule has 0 N–H and O–H groups in total. The molecule has 3 aromatic rings. The lowest BCUT2D eigenvalue weighted by Crippen LogP contribution is -2.29. The summed E-state index contributed by atoms with van der Waals surface area (Å²) in [6, 6.07) is 9.19. The molecule has 1 atom stereocenters. The second-order valence-electron chi connectivity index (χ2n) is 9.03. The molecule has 2 aromatic carbocycles. The van der Waals surface area contributed by atoms with Crippen LogP contribution in [0.3, 0.4) is 0 Å². The zero-order chi connectivity index (χ0) is 25.1. The van der Waals surface area contributed by atoms with Crippen LogP contribution in [0.1, 0.15) is 46.9 Å². The Balaban J connectivity index is 1.73. The van der Waals surface area contributed by atoms with Crippen molar-refractivity contribution in [1.82, 2.24) is 4.98 Å². The van der Waals surface area contributed by atoms with Crippen LogP contribution in [-0.4, -0.2) is 18.1 Å².